The van der Waals surface area contributed by atoms with Crippen molar-refractivity contribution in [3.63, 3.8) is 0 Å². The zero-order valence-electron chi connectivity index (χ0n) is 20.9. The topological polar surface area (TPSA) is 86.8 Å². The molecule has 2 aromatic rings. The van der Waals surface area contributed by atoms with Gasteiger partial charge in [-0.2, -0.15) is 0 Å². The second kappa shape index (κ2) is 12.1. The molecule has 0 heterocycles. The van der Waals surface area contributed by atoms with Crippen LogP contribution in [-0.2, 0) is 26.2 Å². The minimum atomic E-state index is -3.81. The number of hydrogen-bond acceptors (Lipinski definition) is 4. The zero-order valence-corrected chi connectivity index (χ0v) is 23.3. The van der Waals surface area contributed by atoms with Gasteiger partial charge >= 0.3 is 0 Å². The maximum absolute atomic E-state index is 13.7. The number of rotatable bonds is 10. The molecule has 0 radical (unpaired) electrons. The van der Waals surface area contributed by atoms with Crippen LogP contribution in [0, 0.1) is 13.8 Å². The van der Waals surface area contributed by atoms with Crippen molar-refractivity contribution in [2.45, 2.75) is 59.7 Å². The number of halogens is 2. The van der Waals surface area contributed by atoms with E-state index in [2.05, 4.69) is 5.32 Å². The Morgan fingerprint density at radius 1 is 1.06 bits per heavy atom. The lowest BCUT2D eigenvalue weighted by Crippen LogP contribution is -2.53. The Balaban J connectivity index is 2.55. The van der Waals surface area contributed by atoms with Crippen LogP contribution < -0.4 is 9.62 Å². The van der Waals surface area contributed by atoms with Crippen molar-refractivity contribution in [2.75, 3.05) is 17.1 Å². The van der Waals surface area contributed by atoms with E-state index < -0.39 is 28.5 Å². The first kappa shape index (κ1) is 28.9. The van der Waals surface area contributed by atoms with Gasteiger partial charge in [0, 0.05) is 28.2 Å². The van der Waals surface area contributed by atoms with E-state index in [0.717, 1.165) is 16.1 Å². The molecule has 0 bridgehead atoms. The zero-order chi connectivity index (χ0) is 26.5. The molecule has 0 saturated heterocycles. The van der Waals surface area contributed by atoms with Crippen molar-refractivity contribution in [3.05, 3.63) is 63.1 Å². The average Bonchev–Trinajstić information content (AvgIpc) is 2.74. The van der Waals surface area contributed by atoms with Crippen LogP contribution in [0.3, 0.4) is 0 Å². The van der Waals surface area contributed by atoms with Gasteiger partial charge in [-0.3, -0.25) is 13.9 Å². The summed E-state index contributed by atoms with van der Waals surface area (Å²) in [7, 11) is -3.81. The first-order valence-electron chi connectivity index (χ1n) is 11.3. The van der Waals surface area contributed by atoms with Gasteiger partial charge in [0.05, 0.1) is 11.9 Å². The van der Waals surface area contributed by atoms with Crippen molar-refractivity contribution in [2.24, 2.45) is 0 Å². The number of benzene rings is 2. The molecule has 192 valence electrons. The molecule has 2 aromatic carbocycles. The van der Waals surface area contributed by atoms with Crippen LogP contribution in [0.2, 0.25) is 10.0 Å². The number of hydrogen-bond donors (Lipinski definition) is 1. The summed E-state index contributed by atoms with van der Waals surface area (Å²) in [5.41, 5.74) is 2.46. The second-order valence-corrected chi connectivity index (χ2v) is 11.6. The van der Waals surface area contributed by atoms with Crippen LogP contribution in [0.15, 0.2) is 36.4 Å². The van der Waals surface area contributed by atoms with Crippen LogP contribution in [-0.4, -0.2) is 50.0 Å². The van der Waals surface area contributed by atoms with Gasteiger partial charge < -0.3 is 10.2 Å². The smallest absolute Gasteiger partial charge is 0.244 e. The number of carbonyl (C=O) groups excluding carboxylic acids is 2. The lowest BCUT2D eigenvalue weighted by Gasteiger charge is -2.34. The van der Waals surface area contributed by atoms with Gasteiger partial charge in [0.2, 0.25) is 21.8 Å². The van der Waals surface area contributed by atoms with Crippen LogP contribution in [0.4, 0.5) is 5.69 Å². The molecule has 10 heteroatoms. The summed E-state index contributed by atoms with van der Waals surface area (Å²) in [5.74, 6) is -0.880. The van der Waals surface area contributed by atoms with E-state index in [1.165, 1.54) is 4.90 Å². The van der Waals surface area contributed by atoms with E-state index in [4.69, 9.17) is 23.2 Å². The molecule has 0 aromatic heterocycles. The molecule has 35 heavy (non-hydrogen) atoms. The summed E-state index contributed by atoms with van der Waals surface area (Å²) in [4.78, 5) is 28.1. The summed E-state index contributed by atoms with van der Waals surface area (Å²) >= 11 is 12.7. The fraction of sp³-hybridized carbons (Fsp3) is 0.440. The fourth-order valence-electron chi connectivity index (χ4n) is 3.74. The highest BCUT2D eigenvalue weighted by Crippen LogP contribution is 2.28. The highest BCUT2D eigenvalue weighted by molar-refractivity contribution is 7.92. The van der Waals surface area contributed by atoms with Crippen LogP contribution in [0.5, 0.6) is 0 Å². The molecule has 2 rings (SSSR count). The highest BCUT2D eigenvalue weighted by Gasteiger charge is 2.33. The number of aryl methyl sites for hydroxylation is 2. The Hall–Kier alpha value is -2.29. The Morgan fingerprint density at radius 2 is 1.66 bits per heavy atom. The first-order valence-corrected chi connectivity index (χ1v) is 13.9. The number of anilines is 1. The Labute approximate surface area is 218 Å². The molecular formula is C25H33Cl2N3O4S. The third-order valence-electron chi connectivity index (χ3n) is 5.52. The van der Waals surface area contributed by atoms with Crippen molar-refractivity contribution in [3.8, 4) is 0 Å². The Morgan fingerprint density at radius 3 is 2.17 bits per heavy atom. The van der Waals surface area contributed by atoms with Crippen molar-refractivity contribution < 1.29 is 18.0 Å². The van der Waals surface area contributed by atoms with Gasteiger partial charge in [-0.1, -0.05) is 48.3 Å². The fourth-order valence-corrected chi connectivity index (χ4v) is 5.15. The summed E-state index contributed by atoms with van der Waals surface area (Å²) in [6, 6.07) is 9.41. The predicted octanol–water partition coefficient (Wildman–Crippen LogP) is 4.71. The molecular weight excluding hydrogens is 509 g/mol. The third-order valence-corrected chi connectivity index (χ3v) is 7.35. The molecule has 1 N–H and O–H groups in total. The minimum absolute atomic E-state index is 0.0498. The van der Waals surface area contributed by atoms with E-state index >= 15 is 0 Å². The molecule has 0 fully saturated rings. The van der Waals surface area contributed by atoms with Gasteiger partial charge in [0.15, 0.2) is 0 Å². The first-order chi connectivity index (χ1) is 16.3. The molecule has 0 aliphatic carbocycles. The number of sulfonamides is 1. The van der Waals surface area contributed by atoms with Gasteiger partial charge in [-0.25, -0.2) is 8.42 Å². The van der Waals surface area contributed by atoms with Gasteiger partial charge in [-0.05, 0) is 63.4 Å². The monoisotopic (exact) mass is 541 g/mol. The maximum Gasteiger partial charge on any atom is 0.244 e. The number of carbonyl (C=O) groups is 2. The van der Waals surface area contributed by atoms with E-state index in [0.29, 0.717) is 33.3 Å². The quantitative estimate of drug-likeness (QED) is 0.471. The van der Waals surface area contributed by atoms with Gasteiger partial charge in [0.25, 0.3) is 0 Å². The lowest BCUT2D eigenvalue weighted by atomic mass is 10.1. The van der Waals surface area contributed by atoms with E-state index in [-0.39, 0.29) is 18.5 Å². The van der Waals surface area contributed by atoms with E-state index in [9.17, 15) is 18.0 Å². The largest absolute Gasteiger partial charge is 0.352 e. The number of nitrogens with zero attached hydrogens (tertiary/aromatic N) is 2. The molecule has 7 nitrogen and oxygen atoms in total. The molecule has 2 amide bonds. The molecule has 0 unspecified atom stereocenters. The minimum Gasteiger partial charge on any atom is -0.352 e. The normalized spacial score (nSPS) is 12.4. The number of amides is 2. The molecule has 0 aliphatic rings. The van der Waals surface area contributed by atoms with E-state index in [1.54, 1.807) is 44.2 Å². The van der Waals surface area contributed by atoms with Crippen molar-refractivity contribution >= 4 is 50.7 Å². The predicted molar refractivity (Wildman–Crippen MR) is 142 cm³/mol. The number of nitrogens with one attached hydrogen (secondary N) is 1. The highest BCUT2D eigenvalue weighted by atomic mass is 35.5. The average molecular weight is 543 g/mol. The summed E-state index contributed by atoms with van der Waals surface area (Å²) in [6.07, 6.45) is 1.37. The lowest BCUT2D eigenvalue weighted by molar-refractivity contribution is -0.140. The second-order valence-electron chi connectivity index (χ2n) is 8.87. The summed E-state index contributed by atoms with van der Waals surface area (Å²) < 4.78 is 26.6. The summed E-state index contributed by atoms with van der Waals surface area (Å²) in [5, 5.41) is 3.55. The Kier molecular flexibility index (Phi) is 10.0. The SMILES string of the molecule is CC[C@H](C(=O)NC(C)C)N(Cc1c(Cl)cccc1Cl)C(=O)CN(c1cc(C)ccc1C)S(C)(=O)=O. The van der Waals surface area contributed by atoms with Crippen molar-refractivity contribution in [1.29, 1.82) is 0 Å². The summed E-state index contributed by atoms with van der Waals surface area (Å²) in [6.45, 7) is 8.55. The molecule has 0 spiro atoms. The van der Waals surface area contributed by atoms with Gasteiger partial charge in [-0.15, -0.1) is 0 Å². The van der Waals surface area contributed by atoms with Gasteiger partial charge in [0.1, 0.15) is 12.6 Å². The Bertz CT molecular complexity index is 1160. The molecule has 0 aliphatic heterocycles. The molecule has 0 saturated carbocycles. The third kappa shape index (κ3) is 7.59. The van der Waals surface area contributed by atoms with Crippen LogP contribution in [0.25, 0.3) is 0 Å². The standard InChI is InChI=1S/C25H33Cl2N3O4S/c1-7-22(25(32)28-16(2)3)29(14-19-20(26)9-8-10-21(19)27)24(31)15-30(35(6,33)34)23-13-17(4)11-12-18(23)5/h8-13,16,22H,7,14-15H2,1-6H3,(H,28,32)/t22-/m1/s1. The van der Waals surface area contributed by atoms with Crippen molar-refractivity contribution in [1.82, 2.24) is 10.2 Å². The maximum atomic E-state index is 13.7. The van der Waals surface area contributed by atoms with Crippen LogP contribution in [0.1, 0.15) is 43.9 Å². The van der Waals surface area contributed by atoms with E-state index in [1.807, 2.05) is 26.8 Å². The molecule has 1 atom stereocenters. The van der Waals surface area contributed by atoms with Crippen LogP contribution >= 0.6 is 23.2 Å².